The molecule has 2 N–H and O–H groups in total. The first kappa shape index (κ1) is 19.4. The summed E-state index contributed by atoms with van der Waals surface area (Å²) < 4.78 is 31.4. The molecule has 0 aromatic heterocycles. The fourth-order valence-corrected chi connectivity index (χ4v) is 3.27. The zero-order valence-electron chi connectivity index (χ0n) is 13.7. The molecule has 1 amide bonds. The van der Waals surface area contributed by atoms with Gasteiger partial charge in [-0.2, -0.15) is 0 Å². The van der Waals surface area contributed by atoms with Gasteiger partial charge in [0.1, 0.15) is 0 Å². The Kier molecular flexibility index (Phi) is 6.95. The minimum atomic E-state index is -3.56. The van der Waals surface area contributed by atoms with Gasteiger partial charge in [-0.25, -0.2) is 13.1 Å². The van der Waals surface area contributed by atoms with Crippen LogP contribution in [0.15, 0.2) is 53.4 Å². The molecule has 0 unspecified atom stereocenters. The Bertz CT molecular complexity index is 823. The van der Waals surface area contributed by atoms with Gasteiger partial charge in [-0.3, -0.25) is 4.79 Å². The van der Waals surface area contributed by atoms with Crippen molar-refractivity contribution in [1.82, 2.24) is 10.0 Å². The number of halogens is 1. The molecular formula is C17H19ClN2O4S. The fraction of sp³-hybridized carbons (Fsp3) is 0.235. The summed E-state index contributed by atoms with van der Waals surface area (Å²) in [6, 6.07) is 12.9. The molecule has 0 aliphatic carbocycles. The van der Waals surface area contributed by atoms with E-state index in [0.29, 0.717) is 17.2 Å². The van der Waals surface area contributed by atoms with Crippen molar-refractivity contribution in [2.45, 2.75) is 11.4 Å². The zero-order valence-corrected chi connectivity index (χ0v) is 15.2. The molecule has 0 fully saturated rings. The van der Waals surface area contributed by atoms with Gasteiger partial charge in [0, 0.05) is 30.8 Å². The molecule has 0 bridgehead atoms. The number of methoxy groups -OCH3 is 1. The number of carbonyl (C=O) groups is 1. The van der Waals surface area contributed by atoms with Crippen LogP contribution >= 0.6 is 11.6 Å². The lowest BCUT2D eigenvalue weighted by Crippen LogP contribution is -2.27. The predicted octanol–water partition coefficient (Wildman–Crippen LogP) is 2.19. The van der Waals surface area contributed by atoms with Gasteiger partial charge in [0.2, 0.25) is 10.0 Å². The molecule has 0 heterocycles. The number of sulfonamides is 1. The van der Waals surface area contributed by atoms with Crippen LogP contribution in [-0.2, 0) is 21.3 Å². The van der Waals surface area contributed by atoms with Crippen molar-refractivity contribution in [2.24, 2.45) is 0 Å². The molecular weight excluding hydrogens is 364 g/mol. The van der Waals surface area contributed by atoms with Crippen LogP contribution in [0.4, 0.5) is 0 Å². The van der Waals surface area contributed by atoms with Crippen LogP contribution in [0.2, 0.25) is 5.02 Å². The lowest BCUT2D eigenvalue weighted by atomic mass is 10.2. The molecule has 0 radical (unpaired) electrons. The summed E-state index contributed by atoms with van der Waals surface area (Å²) in [5.74, 6) is -0.250. The standard InChI is InChI=1S/C17H19ClN2O4S/c1-24-10-9-20-25(22,23)16-7-5-13(6-8-16)12-19-17(21)14-3-2-4-15(18)11-14/h2-8,11,20H,9-10,12H2,1H3,(H,19,21). The van der Waals surface area contributed by atoms with E-state index in [1.165, 1.54) is 19.2 Å². The number of hydrogen-bond acceptors (Lipinski definition) is 4. The molecule has 0 spiro atoms. The maximum absolute atomic E-state index is 12.1. The van der Waals surface area contributed by atoms with E-state index in [9.17, 15) is 13.2 Å². The van der Waals surface area contributed by atoms with E-state index in [1.807, 2.05) is 0 Å². The van der Waals surface area contributed by atoms with E-state index in [2.05, 4.69) is 10.0 Å². The number of amides is 1. The molecule has 0 aliphatic heterocycles. The SMILES string of the molecule is COCCNS(=O)(=O)c1ccc(CNC(=O)c2cccc(Cl)c2)cc1. The molecule has 25 heavy (non-hydrogen) atoms. The maximum Gasteiger partial charge on any atom is 0.251 e. The van der Waals surface area contributed by atoms with Crippen molar-refractivity contribution in [2.75, 3.05) is 20.3 Å². The van der Waals surface area contributed by atoms with E-state index in [1.54, 1.807) is 36.4 Å². The molecule has 0 saturated carbocycles. The number of carbonyl (C=O) groups excluding carboxylic acids is 1. The molecule has 0 saturated heterocycles. The van der Waals surface area contributed by atoms with Crippen molar-refractivity contribution in [1.29, 1.82) is 0 Å². The van der Waals surface area contributed by atoms with Crippen LogP contribution in [0, 0.1) is 0 Å². The van der Waals surface area contributed by atoms with Crippen molar-refractivity contribution < 1.29 is 17.9 Å². The van der Waals surface area contributed by atoms with E-state index >= 15 is 0 Å². The van der Waals surface area contributed by atoms with Crippen LogP contribution < -0.4 is 10.0 Å². The molecule has 2 aromatic carbocycles. The van der Waals surface area contributed by atoms with Crippen molar-refractivity contribution in [3.05, 3.63) is 64.7 Å². The van der Waals surface area contributed by atoms with Crippen molar-refractivity contribution in [3.8, 4) is 0 Å². The van der Waals surface area contributed by atoms with Gasteiger partial charge in [0.05, 0.1) is 11.5 Å². The second-order valence-electron chi connectivity index (χ2n) is 5.23. The Labute approximate surface area is 152 Å². The number of rotatable bonds is 8. The third-order valence-electron chi connectivity index (χ3n) is 3.37. The van der Waals surface area contributed by atoms with Gasteiger partial charge in [0.15, 0.2) is 0 Å². The first-order valence-electron chi connectivity index (χ1n) is 7.54. The normalized spacial score (nSPS) is 11.3. The highest BCUT2D eigenvalue weighted by Gasteiger charge is 2.13. The van der Waals surface area contributed by atoms with Crippen LogP contribution in [0.1, 0.15) is 15.9 Å². The smallest absolute Gasteiger partial charge is 0.251 e. The molecule has 6 nitrogen and oxygen atoms in total. The van der Waals surface area contributed by atoms with E-state index in [0.717, 1.165) is 5.56 Å². The van der Waals surface area contributed by atoms with Gasteiger partial charge in [-0.05, 0) is 35.9 Å². The summed E-state index contributed by atoms with van der Waals surface area (Å²) in [5.41, 5.74) is 1.25. The van der Waals surface area contributed by atoms with E-state index < -0.39 is 10.0 Å². The Hall–Kier alpha value is -1.93. The van der Waals surface area contributed by atoms with Crippen LogP contribution in [0.3, 0.4) is 0 Å². The average molecular weight is 383 g/mol. The highest BCUT2D eigenvalue weighted by Crippen LogP contribution is 2.12. The minimum Gasteiger partial charge on any atom is -0.383 e. The lowest BCUT2D eigenvalue weighted by Gasteiger charge is -2.08. The van der Waals surface area contributed by atoms with Gasteiger partial charge in [-0.1, -0.05) is 29.8 Å². The highest BCUT2D eigenvalue weighted by atomic mass is 35.5. The van der Waals surface area contributed by atoms with Crippen LogP contribution in [0.5, 0.6) is 0 Å². The largest absolute Gasteiger partial charge is 0.383 e. The van der Waals surface area contributed by atoms with Crippen molar-refractivity contribution >= 4 is 27.5 Å². The lowest BCUT2D eigenvalue weighted by molar-refractivity contribution is 0.0951. The topological polar surface area (TPSA) is 84.5 Å². The summed E-state index contributed by atoms with van der Waals surface area (Å²) in [5, 5.41) is 3.25. The van der Waals surface area contributed by atoms with Crippen LogP contribution in [0.25, 0.3) is 0 Å². The number of hydrogen-bond donors (Lipinski definition) is 2. The second-order valence-corrected chi connectivity index (χ2v) is 7.43. The first-order valence-corrected chi connectivity index (χ1v) is 9.40. The monoisotopic (exact) mass is 382 g/mol. The van der Waals surface area contributed by atoms with E-state index in [-0.39, 0.29) is 23.9 Å². The summed E-state index contributed by atoms with van der Waals surface area (Å²) >= 11 is 5.86. The molecule has 0 atom stereocenters. The third kappa shape index (κ3) is 5.82. The predicted molar refractivity (Wildman–Crippen MR) is 96.1 cm³/mol. The van der Waals surface area contributed by atoms with Gasteiger partial charge < -0.3 is 10.1 Å². The number of ether oxygens (including phenoxy) is 1. The maximum atomic E-state index is 12.1. The van der Waals surface area contributed by atoms with Gasteiger partial charge in [0.25, 0.3) is 5.91 Å². The van der Waals surface area contributed by atoms with Crippen molar-refractivity contribution in [3.63, 3.8) is 0 Å². The highest BCUT2D eigenvalue weighted by molar-refractivity contribution is 7.89. The Morgan fingerprint density at radius 2 is 1.88 bits per heavy atom. The Balaban J connectivity index is 1.95. The van der Waals surface area contributed by atoms with Gasteiger partial charge in [-0.15, -0.1) is 0 Å². The number of nitrogens with one attached hydrogen (secondary N) is 2. The summed E-state index contributed by atoms with van der Waals surface area (Å²) in [6.45, 7) is 0.784. The molecule has 2 aromatic rings. The molecule has 2 rings (SSSR count). The summed E-state index contributed by atoms with van der Waals surface area (Å²) in [4.78, 5) is 12.2. The molecule has 8 heteroatoms. The number of benzene rings is 2. The summed E-state index contributed by atoms with van der Waals surface area (Å²) in [7, 11) is -2.06. The average Bonchev–Trinajstić information content (AvgIpc) is 2.60. The fourth-order valence-electron chi connectivity index (χ4n) is 2.06. The first-order chi connectivity index (χ1) is 11.9. The minimum absolute atomic E-state index is 0.161. The van der Waals surface area contributed by atoms with Crippen LogP contribution in [-0.4, -0.2) is 34.6 Å². The van der Waals surface area contributed by atoms with E-state index in [4.69, 9.17) is 16.3 Å². The Morgan fingerprint density at radius 1 is 1.16 bits per heavy atom. The quantitative estimate of drug-likeness (QED) is 0.685. The Morgan fingerprint density at radius 3 is 2.52 bits per heavy atom. The second kappa shape index (κ2) is 8.96. The van der Waals surface area contributed by atoms with Gasteiger partial charge >= 0.3 is 0 Å². The zero-order chi connectivity index (χ0) is 18.3. The molecule has 134 valence electrons. The summed E-state index contributed by atoms with van der Waals surface area (Å²) in [6.07, 6.45) is 0. The molecule has 0 aliphatic rings. The third-order valence-corrected chi connectivity index (χ3v) is 5.08.